The lowest BCUT2D eigenvalue weighted by Crippen LogP contribution is -2.15. The number of nitrogens with one attached hydrogen (secondary N) is 1. The number of thioether (sulfide) groups is 1. The van der Waals surface area contributed by atoms with Crippen LogP contribution in [0, 0.1) is 0 Å². The summed E-state index contributed by atoms with van der Waals surface area (Å²) in [7, 11) is 0. The first-order valence-corrected chi connectivity index (χ1v) is 9.45. The normalized spacial score (nSPS) is 11.1. The standard InChI is InChI=1S/C15H17Cl3N4OS/c1-4-22-14(8(2)3)20-21-15(22)24-7-13(23)19-12-6-10(17)9(16)5-11(12)18/h5-6,8H,4,7H2,1-3H3,(H,19,23). The number of hydrogen-bond donors (Lipinski definition) is 1. The number of halogens is 3. The monoisotopic (exact) mass is 406 g/mol. The van der Waals surface area contributed by atoms with Crippen LogP contribution in [0.15, 0.2) is 17.3 Å². The van der Waals surface area contributed by atoms with Crippen LogP contribution < -0.4 is 5.32 Å². The highest BCUT2D eigenvalue weighted by molar-refractivity contribution is 7.99. The molecule has 5 nitrogen and oxygen atoms in total. The molecule has 130 valence electrons. The highest BCUT2D eigenvalue weighted by Gasteiger charge is 2.16. The number of benzene rings is 1. The van der Waals surface area contributed by atoms with Crippen molar-refractivity contribution in [1.29, 1.82) is 0 Å². The summed E-state index contributed by atoms with van der Waals surface area (Å²) in [6.07, 6.45) is 0. The van der Waals surface area contributed by atoms with Crippen molar-refractivity contribution in [2.45, 2.75) is 38.4 Å². The second-order valence-electron chi connectivity index (χ2n) is 5.32. The molecule has 1 heterocycles. The molecule has 0 unspecified atom stereocenters. The van der Waals surface area contributed by atoms with Crippen molar-refractivity contribution >= 4 is 58.2 Å². The zero-order chi connectivity index (χ0) is 17.9. The number of amides is 1. The number of rotatable bonds is 6. The van der Waals surface area contributed by atoms with Crippen molar-refractivity contribution in [3.63, 3.8) is 0 Å². The summed E-state index contributed by atoms with van der Waals surface area (Å²) in [6, 6.07) is 3.02. The van der Waals surface area contributed by atoms with E-state index >= 15 is 0 Å². The van der Waals surface area contributed by atoms with Gasteiger partial charge in [-0.15, -0.1) is 10.2 Å². The average Bonchev–Trinajstić information content (AvgIpc) is 2.93. The summed E-state index contributed by atoms with van der Waals surface area (Å²) in [5.41, 5.74) is 0.427. The molecule has 0 aliphatic carbocycles. The lowest BCUT2D eigenvalue weighted by Gasteiger charge is -2.10. The van der Waals surface area contributed by atoms with Crippen molar-refractivity contribution in [2.24, 2.45) is 0 Å². The molecule has 0 aliphatic rings. The molecule has 1 N–H and O–H groups in total. The number of hydrogen-bond acceptors (Lipinski definition) is 4. The molecule has 0 fully saturated rings. The van der Waals surface area contributed by atoms with E-state index in [1.807, 2.05) is 11.5 Å². The molecule has 0 saturated carbocycles. The first-order valence-electron chi connectivity index (χ1n) is 7.33. The lowest BCUT2D eigenvalue weighted by atomic mass is 10.2. The second kappa shape index (κ2) is 8.43. The van der Waals surface area contributed by atoms with E-state index in [4.69, 9.17) is 34.8 Å². The largest absolute Gasteiger partial charge is 0.324 e. The molecule has 0 radical (unpaired) electrons. The number of carbonyl (C=O) groups excluding carboxylic acids is 1. The fourth-order valence-electron chi connectivity index (χ4n) is 2.07. The van der Waals surface area contributed by atoms with Gasteiger partial charge in [0.15, 0.2) is 5.16 Å². The Hall–Kier alpha value is -0.950. The number of nitrogens with zero attached hydrogens (tertiary/aromatic N) is 3. The minimum Gasteiger partial charge on any atom is -0.324 e. The maximum Gasteiger partial charge on any atom is 0.234 e. The molecule has 2 aromatic rings. The van der Waals surface area contributed by atoms with Crippen LogP contribution in [-0.2, 0) is 11.3 Å². The Labute approximate surface area is 160 Å². The summed E-state index contributed by atoms with van der Waals surface area (Å²) >= 11 is 19.2. The highest BCUT2D eigenvalue weighted by Crippen LogP contribution is 2.32. The molecular formula is C15H17Cl3N4OS. The maximum absolute atomic E-state index is 12.2. The van der Waals surface area contributed by atoms with Gasteiger partial charge in [-0.2, -0.15) is 0 Å². The molecule has 1 aromatic carbocycles. The van der Waals surface area contributed by atoms with Gasteiger partial charge in [0, 0.05) is 12.5 Å². The van der Waals surface area contributed by atoms with Crippen molar-refractivity contribution in [2.75, 3.05) is 11.1 Å². The van der Waals surface area contributed by atoms with Gasteiger partial charge in [0.1, 0.15) is 5.82 Å². The third kappa shape index (κ3) is 4.57. The SMILES string of the molecule is CCn1c(SCC(=O)Nc2cc(Cl)c(Cl)cc2Cl)nnc1C(C)C. The molecule has 0 spiro atoms. The topological polar surface area (TPSA) is 59.8 Å². The van der Waals surface area contributed by atoms with Gasteiger partial charge in [-0.25, -0.2) is 0 Å². The van der Waals surface area contributed by atoms with Crippen molar-refractivity contribution in [3.05, 3.63) is 33.0 Å². The minimum atomic E-state index is -0.211. The summed E-state index contributed by atoms with van der Waals surface area (Å²) in [6.45, 7) is 6.89. The van der Waals surface area contributed by atoms with Gasteiger partial charge in [0.05, 0.1) is 26.5 Å². The summed E-state index contributed by atoms with van der Waals surface area (Å²) in [4.78, 5) is 12.2. The molecule has 0 aliphatic heterocycles. The van der Waals surface area contributed by atoms with Gasteiger partial charge in [0.2, 0.25) is 5.91 Å². The van der Waals surface area contributed by atoms with E-state index in [9.17, 15) is 4.79 Å². The third-order valence-electron chi connectivity index (χ3n) is 3.19. The van der Waals surface area contributed by atoms with Crippen molar-refractivity contribution in [3.8, 4) is 0 Å². The molecule has 0 saturated heterocycles. The molecule has 1 aromatic heterocycles. The predicted octanol–water partition coefficient (Wildman–Crippen LogP) is 5.11. The van der Waals surface area contributed by atoms with Crippen LogP contribution in [0.1, 0.15) is 32.5 Å². The Morgan fingerprint density at radius 2 is 1.88 bits per heavy atom. The summed E-state index contributed by atoms with van der Waals surface area (Å²) in [5, 5.41) is 12.8. The average molecular weight is 408 g/mol. The van der Waals surface area contributed by atoms with Gasteiger partial charge < -0.3 is 9.88 Å². The fourth-order valence-corrected chi connectivity index (χ4v) is 3.47. The smallest absolute Gasteiger partial charge is 0.234 e. The predicted molar refractivity (Wildman–Crippen MR) is 101 cm³/mol. The first kappa shape index (κ1) is 19.4. The Balaban J connectivity index is 2.03. The van der Waals surface area contributed by atoms with Crippen molar-refractivity contribution < 1.29 is 4.79 Å². The molecule has 9 heteroatoms. The van der Waals surface area contributed by atoms with E-state index in [0.29, 0.717) is 20.8 Å². The van der Waals surface area contributed by atoms with E-state index in [2.05, 4.69) is 29.4 Å². The van der Waals surface area contributed by atoms with Crippen LogP contribution in [-0.4, -0.2) is 26.4 Å². The van der Waals surface area contributed by atoms with Crippen LogP contribution >= 0.6 is 46.6 Å². The maximum atomic E-state index is 12.2. The lowest BCUT2D eigenvalue weighted by molar-refractivity contribution is -0.113. The molecule has 0 bridgehead atoms. The Kier molecular flexibility index (Phi) is 6.80. The van der Waals surface area contributed by atoms with Crippen molar-refractivity contribution in [1.82, 2.24) is 14.8 Å². The fraction of sp³-hybridized carbons (Fsp3) is 0.400. The molecule has 0 atom stereocenters. The molecule has 1 amide bonds. The summed E-state index contributed by atoms with van der Waals surface area (Å²) < 4.78 is 2.01. The summed E-state index contributed by atoms with van der Waals surface area (Å²) in [5.74, 6) is 1.16. The van der Waals surface area contributed by atoms with Crippen LogP contribution in [0.25, 0.3) is 0 Å². The van der Waals surface area contributed by atoms with E-state index in [1.54, 1.807) is 0 Å². The number of aromatic nitrogens is 3. The molecule has 2 rings (SSSR count). The highest BCUT2D eigenvalue weighted by atomic mass is 35.5. The Morgan fingerprint density at radius 1 is 1.21 bits per heavy atom. The van der Waals surface area contributed by atoms with Gasteiger partial charge in [0.25, 0.3) is 0 Å². The van der Waals surface area contributed by atoms with Crippen LogP contribution in [0.3, 0.4) is 0 Å². The first-order chi connectivity index (χ1) is 11.3. The zero-order valence-corrected chi connectivity index (χ0v) is 16.5. The van der Waals surface area contributed by atoms with E-state index < -0.39 is 0 Å². The number of anilines is 1. The van der Waals surface area contributed by atoms with E-state index in [1.165, 1.54) is 23.9 Å². The van der Waals surface area contributed by atoms with Crippen LogP contribution in [0.2, 0.25) is 15.1 Å². The van der Waals surface area contributed by atoms with Gasteiger partial charge in [-0.05, 0) is 19.1 Å². The van der Waals surface area contributed by atoms with E-state index in [0.717, 1.165) is 17.5 Å². The van der Waals surface area contributed by atoms with Gasteiger partial charge in [-0.3, -0.25) is 4.79 Å². The Morgan fingerprint density at radius 3 is 2.50 bits per heavy atom. The van der Waals surface area contributed by atoms with Crippen LogP contribution in [0.5, 0.6) is 0 Å². The van der Waals surface area contributed by atoms with Crippen LogP contribution in [0.4, 0.5) is 5.69 Å². The third-order valence-corrected chi connectivity index (χ3v) is 5.20. The van der Waals surface area contributed by atoms with E-state index in [-0.39, 0.29) is 17.6 Å². The van der Waals surface area contributed by atoms with Gasteiger partial charge in [-0.1, -0.05) is 60.4 Å². The molecule has 24 heavy (non-hydrogen) atoms. The quantitative estimate of drug-likeness (QED) is 0.534. The Bertz CT molecular complexity index is 749. The zero-order valence-electron chi connectivity index (χ0n) is 13.4. The van der Waals surface area contributed by atoms with Gasteiger partial charge >= 0.3 is 0 Å². The number of carbonyl (C=O) groups is 1. The molecular weight excluding hydrogens is 391 g/mol. The minimum absolute atomic E-state index is 0.187. The second-order valence-corrected chi connectivity index (χ2v) is 7.49.